The van der Waals surface area contributed by atoms with Crippen molar-refractivity contribution in [1.29, 1.82) is 0 Å². The maximum absolute atomic E-state index is 6.10. The molecule has 0 saturated carbocycles. The third-order valence-electron chi connectivity index (χ3n) is 3.28. The predicted molar refractivity (Wildman–Crippen MR) is 84.7 cm³/mol. The molecule has 3 nitrogen and oxygen atoms in total. The van der Waals surface area contributed by atoms with Crippen molar-refractivity contribution in [3.63, 3.8) is 0 Å². The molecule has 1 N–H and O–H groups in total. The standard InChI is InChI=1S/C16H26ClNO2/c1-5-8-14(20-7-3)16(18-6-2)12-9-10-13(17)15(11-12)19-4/h9-11,14,16,18H,5-8H2,1-4H3. The molecule has 0 aromatic heterocycles. The molecule has 0 amide bonds. The molecule has 0 bridgehead atoms. The SMILES string of the molecule is CCCC(OCC)C(NCC)c1ccc(Cl)c(OC)c1. The van der Waals surface area contributed by atoms with Gasteiger partial charge in [-0.2, -0.15) is 0 Å². The normalized spacial score (nSPS) is 14.1. The van der Waals surface area contributed by atoms with Crippen LogP contribution in [0.1, 0.15) is 45.2 Å². The highest BCUT2D eigenvalue weighted by Gasteiger charge is 2.23. The third kappa shape index (κ3) is 4.65. The van der Waals surface area contributed by atoms with Crippen LogP contribution in [0.2, 0.25) is 5.02 Å². The lowest BCUT2D eigenvalue weighted by Gasteiger charge is -2.28. The minimum Gasteiger partial charge on any atom is -0.495 e. The van der Waals surface area contributed by atoms with Crippen LogP contribution in [0.15, 0.2) is 18.2 Å². The van der Waals surface area contributed by atoms with Crippen molar-refractivity contribution in [1.82, 2.24) is 5.32 Å². The molecule has 0 spiro atoms. The van der Waals surface area contributed by atoms with Crippen LogP contribution in [0.3, 0.4) is 0 Å². The molecule has 0 heterocycles. The summed E-state index contributed by atoms with van der Waals surface area (Å²) in [4.78, 5) is 0. The van der Waals surface area contributed by atoms with Crippen molar-refractivity contribution < 1.29 is 9.47 Å². The third-order valence-corrected chi connectivity index (χ3v) is 3.60. The Morgan fingerprint density at radius 3 is 2.55 bits per heavy atom. The maximum Gasteiger partial charge on any atom is 0.137 e. The summed E-state index contributed by atoms with van der Waals surface area (Å²) in [5.74, 6) is 0.707. The van der Waals surface area contributed by atoms with Crippen molar-refractivity contribution >= 4 is 11.6 Å². The average Bonchev–Trinajstić information content (AvgIpc) is 2.45. The number of hydrogen-bond donors (Lipinski definition) is 1. The summed E-state index contributed by atoms with van der Waals surface area (Å²) in [5.41, 5.74) is 1.15. The van der Waals surface area contributed by atoms with Crippen molar-refractivity contribution in [2.45, 2.75) is 45.8 Å². The van der Waals surface area contributed by atoms with Crippen molar-refractivity contribution in [2.24, 2.45) is 0 Å². The van der Waals surface area contributed by atoms with Gasteiger partial charge in [-0.3, -0.25) is 0 Å². The van der Waals surface area contributed by atoms with Crippen LogP contribution in [0.5, 0.6) is 5.75 Å². The fourth-order valence-corrected chi connectivity index (χ4v) is 2.59. The lowest BCUT2D eigenvalue weighted by atomic mass is 9.97. The zero-order chi connectivity index (χ0) is 15.0. The van der Waals surface area contributed by atoms with Gasteiger partial charge >= 0.3 is 0 Å². The van der Waals surface area contributed by atoms with Gasteiger partial charge in [-0.05, 0) is 37.6 Å². The molecule has 114 valence electrons. The van der Waals surface area contributed by atoms with Gasteiger partial charge in [-0.25, -0.2) is 0 Å². The number of rotatable bonds is 9. The first-order valence-corrected chi connectivity index (χ1v) is 7.74. The van der Waals surface area contributed by atoms with E-state index in [0.717, 1.165) is 31.6 Å². The van der Waals surface area contributed by atoms with E-state index in [9.17, 15) is 0 Å². The molecule has 1 aromatic rings. The maximum atomic E-state index is 6.10. The Hall–Kier alpha value is -0.770. The molecule has 1 aromatic carbocycles. The molecular formula is C16H26ClNO2. The van der Waals surface area contributed by atoms with E-state index in [2.05, 4.69) is 19.2 Å². The topological polar surface area (TPSA) is 30.5 Å². The summed E-state index contributed by atoms with van der Waals surface area (Å²) in [7, 11) is 1.64. The Labute approximate surface area is 127 Å². The van der Waals surface area contributed by atoms with Crippen LogP contribution in [0.25, 0.3) is 0 Å². The average molecular weight is 300 g/mol. The molecule has 2 atom stereocenters. The molecule has 1 rings (SSSR count). The highest BCUT2D eigenvalue weighted by Crippen LogP contribution is 2.30. The van der Waals surface area contributed by atoms with Gasteiger partial charge in [0.05, 0.1) is 24.3 Å². The fourth-order valence-electron chi connectivity index (χ4n) is 2.40. The van der Waals surface area contributed by atoms with E-state index < -0.39 is 0 Å². The zero-order valence-corrected chi connectivity index (χ0v) is 13.7. The lowest BCUT2D eigenvalue weighted by molar-refractivity contribution is 0.0279. The molecule has 2 unspecified atom stereocenters. The van der Waals surface area contributed by atoms with Crippen molar-refractivity contribution in [3.8, 4) is 5.75 Å². The van der Waals surface area contributed by atoms with Crippen LogP contribution >= 0.6 is 11.6 Å². The second kappa shape index (κ2) is 9.22. The van der Waals surface area contributed by atoms with Gasteiger partial charge in [0.15, 0.2) is 0 Å². The Bertz CT molecular complexity index is 392. The number of halogens is 1. The Morgan fingerprint density at radius 2 is 2.00 bits per heavy atom. The first kappa shape index (κ1) is 17.3. The second-order valence-corrected chi connectivity index (χ2v) is 5.12. The molecular weight excluding hydrogens is 274 g/mol. The predicted octanol–water partition coefficient (Wildman–Crippen LogP) is 4.20. The monoisotopic (exact) mass is 299 g/mol. The number of hydrogen-bond acceptors (Lipinski definition) is 3. The molecule has 0 aliphatic carbocycles. The summed E-state index contributed by atoms with van der Waals surface area (Å²) >= 11 is 6.10. The number of benzene rings is 1. The molecule has 0 saturated heterocycles. The minimum atomic E-state index is 0.158. The van der Waals surface area contributed by atoms with Crippen molar-refractivity contribution in [2.75, 3.05) is 20.3 Å². The first-order chi connectivity index (χ1) is 9.67. The number of ether oxygens (including phenoxy) is 2. The van der Waals surface area contributed by atoms with Crippen LogP contribution in [0, 0.1) is 0 Å². The van der Waals surface area contributed by atoms with E-state index in [1.165, 1.54) is 0 Å². The van der Waals surface area contributed by atoms with Gasteiger partial charge in [-0.15, -0.1) is 0 Å². The van der Waals surface area contributed by atoms with Crippen LogP contribution < -0.4 is 10.1 Å². The summed E-state index contributed by atoms with van der Waals surface area (Å²) in [5, 5.41) is 4.15. The molecule has 0 aliphatic heterocycles. The first-order valence-electron chi connectivity index (χ1n) is 7.36. The molecule has 4 heteroatoms. The van der Waals surface area contributed by atoms with E-state index in [-0.39, 0.29) is 12.1 Å². The van der Waals surface area contributed by atoms with E-state index in [0.29, 0.717) is 10.8 Å². The van der Waals surface area contributed by atoms with Crippen LogP contribution in [-0.4, -0.2) is 26.4 Å². The largest absolute Gasteiger partial charge is 0.495 e. The molecule has 0 aliphatic rings. The second-order valence-electron chi connectivity index (χ2n) is 4.71. The quantitative estimate of drug-likeness (QED) is 0.741. The highest BCUT2D eigenvalue weighted by molar-refractivity contribution is 6.32. The van der Waals surface area contributed by atoms with Gasteiger partial charge in [0.1, 0.15) is 5.75 Å². The van der Waals surface area contributed by atoms with Crippen molar-refractivity contribution in [3.05, 3.63) is 28.8 Å². The number of nitrogens with one attached hydrogen (secondary N) is 1. The number of methoxy groups -OCH3 is 1. The lowest BCUT2D eigenvalue weighted by Crippen LogP contribution is -2.34. The minimum absolute atomic E-state index is 0.158. The van der Waals surface area contributed by atoms with Gasteiger partial charge in [0, 0.05) is 6.61 Å². The summed E-state index contributed by atoms with van der Waals surface area (Å²) in [6.45, 7) is 7.93. The van der Waals surface area contributed by atoms with Crippen LogP contribution in [0.4, 0.5) is 0 Å². The Balaban J connectivity index is 3.04. The highest BCUT2D eigenvalue weighted by atomic mass is 35.5. The van der Waals surface area contributed by atoms with Gasteiger partial charge in [0.25, 0.3) is 0 Å². The summed E-state index contributed by atoms with van der Waals surface area (Å²) in [6.07, 6.45) is 2.28. The zero-order valence-electron chi connectivity index (χ0n) is 12.9. The van der Waals surface area contributed by atoms with Gasteiger partial charge in [0.2, 0.25) is 0 Å². The Kier molecular flexibility index (Phi) is 7.97. The van der Waals surface area contributed by atoms with E-state index in [1.54, 1.807) is 7.11 Å². The van der Waals surface area contributed by atoms with Crippen LogP contribution in [-0.2, 0) is 4.74 Å². The summed E-state index contributed by atoms with van der Waals surface area (Å²) < 4.78 is 11.2. The van der Waals surface area contributed by atoms with E-state index >= 15 is 0 Å². The Morgan fingerprint density at radius 1 is 1.25 bits per heavy atom. The fraction of sp³-hybridized carbons (Fsp3) is 0.625. The molecule has 0 radical (unpaired) electrons. The van der Waals surface area contributed by atoms with Gasteiger partial charge < -0.3 is 14.8 Å². The van der Waals surface area contributed by atoms with E-state index in [4.69, 9.17) is 21.1 Å². The summed E-state index contributed by atoms with van der Waals surface area (Å²) in [6, 6.07) is 6.08. The molecule has 20 heavy (non-hydrogen) atoms. The van der Waals surface area contributed by atoms with Gasteiger partial charge in [-0.1, -0.05) is 37.9 Å². The molecule has 0 fully saturated rings. The van der Waals surface area contributed by atoms with E-state index in [1.807, 2.05) is 25.1 Å². The smallest absolute Gasteiger partial charge is 0.137 e. The number of likely N-dealkylation sites (N-methyl/N-ethyl adjacent to an activating group) is 1.